The maximum atomic E-state index is 11.9. The molecule has 0 amide bonds. The van der Waals surface area contributed by atoms with Crippen LogP contribution >= 0.6 is 11.6 Å². The molecule has 20 heteroatoms. The van der Waals surface area contributed by atoms with E-state index in [0.717, 1.165) is 53.2 Å². The van der Waals surface area contributed by atoms with Gasteiger partial charge < -0.3 is 34.2 Å². The van der Waals surface area contributed by atoms with Crippen LogP contribution in [0.2, 0.25) is 5.15 Å². The molecule has 19 nitrogen and oxygen atoms in total. The fraction of sp³-hybridized carbons (Fsp3) is 0.438. The highest BCUT2D eigenvalue weighted by molar-refractivity contribution is 6.31. The normalized spacial score (nSPS) is 11.4. The van der Waals surface area contributed by atoms with Crippen LogP contribution in [0.15, 0.2) is 53.6 Å². The third-order valence-corrected chi connectivity index (χ3v) is 7.25. The summed E-state index contributed by atoms with van der Waals surface area (Å²) in [7, 11) is 1.53. The lowest BCUT2D eigenvalue weighted by Crippen LogP contribution is -2.40. The zero-order valence-corrected chi connectivity index (χ0v) is 29.8. The number of carbonyl (C=O) groups is 2. The van der Waals surface area contributed by atoms with Gasteiger partial charge in [-0.05, 0) is 36.5 Å². The number of halogens is 1. The second-order valence-corrected chi connectivity index (χ2v) is 11.1. The van der Waals surface area contributed by atoms with Crippen LogP contribution in [0.4, 0.5) is 4.79 Å². The average Bonchev–Trinajstić information content (AvgIpc) is 3.42. The van der Waals surface area contributed by atoms with Gasteiger partial charge in [0.25, 0.3) is 10.2 Å². The number of nitrogens with zero attached hydrogens (tertiary/aromatic N) is 6. The smallest absolute Gasteiger partial charge is 0.434 e. The summed E-state index contributed by atoms with van der Waals surface area (Å²) in [6.07, 6.45) is 1.96. The lowest BCUT2D eigenvalue weighted by atomic mass is 9.98. The minimum atomic E-state index is -1.04. The van der Waals surface area contributed by atoms with E-state index in [0.29, 0.717) is 30.8 Å². The Labute approximate surface area is 304 Å². The number of hydrazone groups is 1. The van der Waals surface area contributed by atoms with E-state index in [1.165, 1.54) is 14.0 Å². The molecule has 1 aromatic heterocycles. The predicted octanol–water partition coefficient (Wildman–Crippen LogP) is 4.53. The van der Waals surface area contributed by atoms with Crippen molar-refractivity contribution in [3.8, 4) is 11.1 Å². The minimum Gasteiger partial charge on any atom is -0.434 e. The van der Waals surface area contributed by atoms with Crippen LogP contribution < -0.4 is 11.6 Å². The Bertz CT molecular complexity index is 1620. The zero-order valence-electron chi connectivity index (χ0n) is 29.1. The molecule has 0 saturated carbocycles. The van der Waals surface area contributed by atoms with Crippen LogP contribution in [0.5, 0.6) is 0 Å². The van der Waals surface area contributed by atoms with Crippen LogP contribution in [0.3, 0.4) is 0 Å². The Morgan fingerprint density at radius 2 is 1.67 bits per heavy atom. The summed E-state index contributed by atoms with van der Waals surface area (Å²) >= 11 is 6.21. The number of hydrogen-bond acceptors (Lipinski definition) is 15. The molecule has 284 valence electrons. The molecule has 0 aliphatic carbocycles. The van der Waals surface area contributed by atoms with E-state index in [2.05, 4.69) is 31.4 Å². The van der Waals surface area contributed by atoms with E-state index in [4.69, 9.17) is 32.7 Å². The number of hydrogen-bond donors (Lipinski definition) is 2. The molecular formula is C32H43ClN8O11. The number of aldehydes is 1. The first-order valence-corrected chi connectivity index (χ1v) is 16.4. The molecule has 1 unspecified atom stereocenters. The van der Waals surface area contributed by atoms with Crippen molar-refractivity contribution in [2.24, 2.45) is 16.7 Å². The van der Waals surface area contributed by atoms with Crippen molar-refractivity contribution in [3.05, 3.63) is 96.6 Å². The van der Waals surface area contributed by atoms with Gasteiger partial charge in [0, 0.05) is 38.7 Å². The quantitative estimate of drug-likeness (QED) is 0.0175. The number of ether oxygens (including phenoxy) is 3. The molecule has 0 radical (unpaired) electrons. The van der Waals surface area contributed by atoms with Gasteiger partial charge in [-0.15, -0.1) is 25.3 Å². The Kier molecular flexibility index (Phi) is 18.9. The third-order valence-electron chi connectivity index (χ3n) is 6.97. The molecule has 2 aromatic carbocycles. The molecule has 3 aromatic rings. The van der Waals surface area contributed by atoms with Crippen molar-refractivity contribution < 1.29 is 43.6 Å². The van der Waals surface area contributed by atoms with E-state index in [9.17, 15) is 29.8 Å². The predicted molar refractivity (Wildman–Crippen MR) is 188 cm³/mol. The summed E-state index contributed by atoms with van der Waals surface area (Å²) in [5.74, 6) is 6.81. The van der Waals surface area contributed by atoms with Crippen molar-refractivity contribution in [3.63, 3.8) is 0 Å². The number of aryl methyl sites for hydroxylation is 1. The fourth-order valence-corrected chi connectivity index (χ4v) is 4.65. The van der Waals surface area contributed by atoms with Gasteiger partial charge in [-0.1, -0.05) is 73.5 Å². The van der Waals surface area contributed by atoms with Crippen LogP contribution in [0, 0.1) is 20.2 Å². The Hall–Kier alpha value is -5.53. The topological polar surface area (TPSA) is 252 Å². The van der Waals surface area contributed by atoms with E-state index < -0.39 is 22.6 Å². The Balaban J connectivity index is 0.000000916. The minimum absolute atomic E-state index is 0.0761. The van der Waals surface area contributed by atoms with Gasteiger partial charge in [-0.3, -0.25) is 4.79 Å². The van der Waals surface area contributed by atoms with Crippen molar-refractivity contribution in [1.29, 1.82) is 0 Å². The number of hydrazine groups is 1. The highest BCUT2D eigenvalue weighted by atomic mass is 35.5. The van der Waals surface area contributed by atoms with Crippen LogP contribution in [-0.4, -0.2) is 82.9 Å². The number of nitrogens with two attached hydrogens (primary N) is 2. The number of aromatic nitrogens is 2. The van der Waals surface area contributed by atoms with Gasteiger partial charge >= 0.3 is 6.16 Å². The molecular weight excluding hydrogens is 708 g/mol. The van der Waals surface area contributed by atoms with E-state index >= 15 is 0 Å². The van der Waals surface area contributed by atoms with E-state index in [1.807, 2.05) is 41.0 Å². The molecule has 4 N–H and O–H groups in total. The van der Waals surface area contributed by atoms with Gasteiger partial charge in [-0.2, -0.15) is 5.12 Å². The Morgan fingerprint density at radius 1 is 1.04 bits per heavy atom. The second kappa shape index (κ2) is 23.0. The van der Waals surface area contributed by atoms with Crippen LogP contribution in [0.1, 0.15) is 67.0 Å². The number of amidine groups is 1. The number of benzene rings is 2. The second-order valence-electron chi connectivity index (χ2n) is 10.7. The highest BCUT2D eigenvalue weighted by Gasteiger charge is 2.18. The summed E-state index contributed by atoms with van der Waals surface area (Å²) < 4.78 is 16.4. The zero-order chi connectivity index (χ0) is 38.5. The molecule has 0 aliphatic rings. The summed E-state index contributed by atoms with van der Waals surface area (Å²) in [6.45, 7) is 4.24. The molecule has 0 bridgehead atoms. The van der Waals surface area contributed by atoms with Gasteiger partial charge in [0.05, 0.1) is 19.8 Å². The lowest BCUT2D eigenvalue weighted by molar-refractivity contribution is -0.757. The number of rotatable bonds is 21. The average molecular weight is 751 g/mol. The molecule has 1 atom stereocenters. The van der Waals surface area contributed by atoms with Crippen LogP contribution in [0.25, 0.3) is 11.1 Å². The van der Waals surface area contributed by atoms with Crippen molar-refractivity contribution >= 4 is 29.9 Å². The number of carbonyl (C=O) groups excluding carboxylic acids is 2. The fourth-order valence-electron chi connectivity index (χ4n) is 4.41. The first kappa shape index (κ1) is 42.6. The molecule has 0 spiro atoms. The highest BCUT2D eigenvalue weighted by Crippen LogP contribution is 2.25. The maximum absolute atomic E-state index is 11.9. The SMILES string of the molecule is CCCCc1nc(Cl)c(C=O)n1Cc1ccc(-c2ccccc2/C(N)=N/N(N)C(C)OC(=O)OCCCO[N+](=O)[O-])cc1.COCCCO[N+](=O)[O-]. The summed E-state index contributed by atoms with van der Waals surface area (Å²) in [4.78, 5) is 55.7. The standard InChI is InChI=1S/C28H34ClN7O7.C4H9NO4/c1-3-4-10-25-32-26(29)24(18-37)34(25)17-20-11-13-21(14-12-20)22-8-5-6-9-23(22)27(30)33-35(31)19(2)43-28(38)41-15-7-16-42-36(39)40;1-8-3-2-4-9-5(6)7/h5-6,8-9,11-14,18-19H,3-4,7,10,15-17,31H2,1-2H3,(H2,30,33);2-4H2,1H3. The summed E-state index contributed by atoms with van der Waals surface area (Å²) in [5.41, 5.74) is 9.85. The first-order chi connectivity index (χ1) is 24.9. The molecule has 0 saturated heterocycles. The van der Waals surface area contributed by atoms with Crippen molar-refractivity contribution in [2.45, 2.75) is 58.7 Å². The number of methoxy groups -OCH3 is 1. The lowest BCUT2D eigenvalue weighted by Gasteiger charge is -2.21. The Morgan fingerprint density at radius 3 is 2.27 bits per heavy atom. The van der Waals surface area contributed by atoms with Gasteiger partial charge in [-0.25, -0.2) is 15.6 Å². The van der Waals surface area contributed by atoms with Crippen molar-refractivity contribution in [1.82, 2.24) is 14.7 Å². The molecule has 0 fully saturated rings. The monoisotopic (exact) mass is 750 g/mol. The van der Waals surface area contributed by atoms with Crippen molar-refractivity contribution in [2.75, 3.05) is 33.5 Å². The van der Waals surface area contributed by atoms with Gasteiger partial charge in [0.15, 0.2) is 17.3 Å². The molecule has 1 heterocycles. The largest absolute Gasteiger partial charge is 0.510 e. The summed E-state index contributed by atoms with van der Waals surface area (Å²) in [6, 6.07) is 15.1. The number of imidazole rings is 1. The molecule has 0 aliphatic heterocycles. The molecule has 52 heavy (non-hydrogen) atoms. The summed E-state index contributed by atoms with van der Waals surface area (Å²) in [5, 5.41) is 23.1. The first-order valence-electron chi connectivity index (χ1n) is 16.0. The van der Waals surface area contributed by atoms with Gasteiger partial charge in [0.1, 0.15) is 11.5 Å². The maximum Gasteiger partial charge on any atom is 0.510 e. The number of unbranched alkanes of at least 4 members (excludes halogenated alkanes) is 1. The van der Waals surface area contributed by atoms with Gasteiger partial charge in [0.2, 0.25) is 6.23 Å². The molecule has 3 rings (SSSR count). The van der Waals surface area contributed by atoms with E-state index in [1.54, 1.807) is 12.1 Å². The third kappa shape index (κ3) is 14.8. The van der Waals surface area contributed by atoms with Crippen LogP contribution in [-0.2, 0) is 36.9 Å². The van der Waals surface area contributed by atoms with E-state index in [-0.39, 0.29) is 37.2 Å².